The van der Waals surface area contributed by atoms with Gasteiger partial charge in [-0.05, 0) is 49.9 Å². The van der Waals surface area contributed by atoms with Crippen LogP contribution in [0.15, 0.2) is 54.6 Å². The van der Waals surface area contributed by atoms with Crippen molar-refractivity contribution in [1.29, 1.82) is 0 Å². The van der Waals surface area contributed by atoms with Gasteiger partial charge in [0.2, 0.25) is 0 Å². The molecule has 8 heteroatoms. The standard InChI is InChI=1S/C30H28ClFN2O4/c1-37-22-13-11-19-23(27(22)32)24-20(31)12-14-21-25(24)26(28(19)33)30(38-21,17-5-3-2-4-6-17)15-34-18-9-7-16(8-10-18)29(35)36/h2-6,11-14,16,18,34H,7-10,15,33H2,1H3,(H,35,36)/t16-,18+,30-/m1/s1. The number of nitrogens with two attached hydrogens (primary N) is 1. The molecule has 1 atom stereocenters. The predicted octanol–water partition coefficient (Wildman–Crippen LogP) is 6.25. The first-order chi connectivity index (χ1) is 18.4. The summed E-state index contributed by atoms with van der Waals surface area (Å²) in [6.45, 7) is 0.398. The first-order valence-corrected chi connectivity index (χ1v) is 13.1. The number of carbonyl (C=O) groups is 1. The molecule has 1 fully saturated rings. The maximum absolute atomic E-state index is 15.7. The first-order valence-electron chi connectivity index (χ1n) is 12.8. The van der Waals surface area contributed by atoms with Gasteiger partial charge < -0.3 is 25.6 Å². The third kappa shape index (κ3) is 3.68. The van der Waals surface area contributed by atoms with Crippen molar-refractivity contribution >= 4 is 44.8 Å². The fraction of sp³-hybridized carbons (Fsp3) is 0.300. The van der Waals surface area contributed by atoms with E-state index >= 15 is 4.39 Å². The predicted molar refractivity (Wildman–Crippen MR) is 147 cm³/mol. The van der Waals surface area contributed by atoms with Gasteiger partial charge in [-0.25, -0.2) is 4.39 Å². The van der Waals surface area contributed by atoms with Gasteiger partial charge >= 0.3 is 5.97 Å². The molecule has 0 bridgehead atoms. The first kappa shape index (κ1) is 24.8. The Kier molecular flexibility index (Phi) is 6.08. The number of fused-ring (bicyclic) bond motifs is 2. The van der Waals surface area contributed by atoms with Crippen molar-refractivity contribution < 1.29 is 23.8 Å². The third-order valence-corrected chi connectivity index (χ3v) is 8.46. The smallest absolute Gasteiger partial charge is 0.306 e. The zero-order chi connectivity index (χ0) is 26.6. The van der Waals surface area contributed by atoms with Gasteiger partial charge in [0.05, 0.1) is 13.0 Å². The number of hydrogen-bond acceptors (Lipinski definition) is 5. The van der Waals surface area contributed by atoms with Gasteiger partial charge in [-0.1, -0.05) is 41.9 Å². The second-order valence-electron chi connectivity index (χ2n) is 10.2. The summed E-state index contributed by atoms with van der Waals surface area (Å²) in [5.74, 6) is -0.859. The summed E-state index contributed by atoms with van der Waals surface area (Å²) < 4.78 is 27.8. The lowest BCUT2D eigenvalue weighted by Crippen LogP contribution is -2.47. The Bertz CT molecular complexity index is 1570. The number of aliphatic carboxylic acids is 1. The summed E-state index contributed by atoms with van der Waals surface area (Å²) in [6, 6.07) is 16.9. The van der Waals surface area contributed by atoms with E-state index in [1.807, 2.05) is 30.3 Å². The van der Waals surface area contributed by atoms with Crippen molar-refractivity contribution in [2.75, 3.05) is 19.4 Å². The molecule has 0 amide bonds. The van der Waals surface area contributed by atoms with Gasteiger partial charge in [0.25, 0.3) is 0 Å². The fourth-order valence-electron chi connectivity index (χ4n) is 6.22. The molecule has 1 aliphatic carbocycles. The maximum atomic E-state index is 15.7. The van der Waals surface area contributed by atoms with Gasteiger partial charge in [0.1, 0.15) is 5.75 Å². The molecule has 196 valence electrons. The minimum atomic E-state index is -0.995. The molecule has 4 N–H and O–H groups in total. The number of carboxylic acids is 1. The lowest BCUT2D eigenvalue weighted by Gasteiger charge is -2.35. The Morgan fingerprint density at radius 1 is 1.11 bits per heavy atom. The molecule has 1 heterocycles. The van der Waals surface area contributed by atoms with Crippen LogP contribution in [0.2, 0.25) is 5.02 Å². The number of methoxy groups -OCH3 is 1. The van der Waals surface area contributed by atoms with Crippen LogP contribution < -0.4 is 20.5 Å². The van der Waals surface area contributed by atoms with Crippen molar-refractivity contribution in [2.45, 2.75) is 37.3 Å². The average Bonchev–Trinajstić information content (AvgIpc) is 3.28. The molecule has 0 aromatic heterocycles. The Labute approximate surface area is 224 Å². The molecule has 6 nitrogen and oxygen atoms in total. The second kappa shape index (κ2) is 9.33. The quantitative estimate of drug-likeness (QED) is 0.200. The number of nitrogens with one attached hydrogen (secondary N) is 1. The van der Waals surface area contributed by atoms with Crippen LogP contribution in [-0.4, -0.2) is 30.8 Å². The summed E-state index contributed by atoms with van der Waals surface area (Å²) in [5.41, 5.74) is 7.97. The van der Waals surface area contributed by atoms with Crippen molar-refractivity contribution in [1.82, 2.24) is 5.32 Å². The van der Waals surface area contributed by atoms with Crippen LogP contribution in [0.4, 0.5) is 10.1 Å². The molecule has 6 rings (SSSR count). The number of carboxylic acid groups (broad SMARTS) is 1. The van der Waals surface area contributed by atoms with Crippen molar-refractivity contribution in [3.05, 3.63) is 76.6 Å². The molecule has 4 aromatic carbocycles. The molecular weight excluding hydrogens is 507 g/mol. The molecule has 0 spiro atoms. The lowest BCUT2D eigenvalue weighted by atomic mass is 9.81. The van der Waals surface area contributed by atoms with Crippen LogP contribution in [0.5, 0.6) is 11.5 Å². The summed E-state index contributed by atoms with van der Waals surface area (Å²) in [4.78, 5) is 11.4. The molecule has 0 radical (unpaired) electrons. The maximum Gasteiger partial charge on any atom is 0.306 e. The highest BCUT2D eigenvalue weighted by molar-refractivity contribution is 6.39. The highest BCUT2D eigenvalue weighted by Gasteiger charge is 2.47. The molecular formula is C30H28ClFN2O4. The van der Waals surface area contributed by atoms with E-state index in [2.05, 4.69) is 5.32 Å². The highest BCUT2D eigenvalue weighted by atomic mass is 35.5. The van der Waals surface area contributed by atoms with Crippen molar-refractivity contribution in [3.63, 3.8) is 0 Å². The molecule has 38 heavy (non-hydrogen) atoms. The fourth-order valence-corrected chi connectivity index (χ4v) is 6.47. The molecule has 4 aromatic rings. The van der Waals surface area contributed by atoms with Crippen LogP contribution in [0.3, 0.4) is 0 Å². The number of halogens is 2. The largest absolute Gasteiger partial charge is 0.494 e. The van der Waals surface area contributed by atoms with E-state index in [0.717, 1.165) is 24.0 Å². The minimum Gasteiger partial charge on any atom is -0.494 e. The van der Waals surface area contributed by atoms with Gasteiger partial charge in [-0.2, -0.15) is 0 Å². The normalized spacial score (nSPS) is 22.5. The Hall–Kier alpha value is -3.55. The van der Waals surface area contributed by atoms with E-state index in [0.29, 0.717) is 57.4 Å². The average molecular weight is 535 g/mol. The summed E-state index contributed by atoms with van der Waals surface area (Å²) in [5, 5.41) is 15.5. The molecule has 1 saturated carbocycles. The number of rotatable bonds is 6. The number of anilines is 1. The van der Waals surface area contributed by atoms with E-state index in [1.165, 1.54) is 7.11 Å². The van der Waals surface area contributed by atoms with Gasteiger partial charge in [-0.3, -0.25) is 4.79 Å². The van der Waals surface area contributed by atoms with Crippen LogP contribution in [0.25, 0.3) is 21.5 Å². The van der Waals surface area contributed by atoms with Crippen LogP contribution in [0, 0.1) is 11.7 Å². The van der Waals surface area contributed by atoms with Crippen LogP contribution in [0.1, 0.15) is 36.8 Å². The summed E-state index contributed by atoms with van der Waals surface area (Å²) >= 11 is 6.74. The summed E-state index contributed by atoms with van der Waals surface area (Å²) in [6.07, 6.45) is 2.78. The van der Waals surface area contributed by atoms with E-state index in [1.54, 1.807) is 24.3 Å². The van der Waals surface area contributed by atoms with E-state index in [9.17, 15) is 9.90 Å². The monoisotopic (exact) mass is 534 g/mol. The number of benzene rings is 4. The van der Waals surface area contributed by atoms with E-state index < -0.39 is 17.4 Å². The Morgan fingerprint density at radius 2 is 1.84 bits per heavy atom. The van der Waals surface area contributed by atoms with E-state index in [4.69, 9.17) is 26.8 Å². The summed E-state index contributed by atoms with van der Waals surface area (Å²) in [7, 11) is 1.43. The Morgan fingerprint density at radius 3 is 2.53 bits per heavy atom. The van der Waals surface area contributed by atoms with Gasteiger partial charge in [-0.15, -0.1) is 0 Å². The molecule has 0 unspecified atom stereocenters. The molecule has 1 aliphatic heterocycles. The van der Waals surface area contributed by atoms with E-state index in [-0.39, 0.29) is 17.7 Å². The van der Waals surface area contributed by atoms with Crippen molar-refractivity contribution in [2.24, 2.45) is 5.92 Å². The SMILES string of the molecule is COc1ccc2c(N)c3c4c(ccc(Cl)c4c2c1F)O[C@]3(CN[C@H]1CC[C@@H](C(=O)O)CC1)c1ccccc1. The van der Waals surface area contributed by atoms with Crippen molar-refractivity contribution in [3.8, 4) is 11.5 Å². The molecule has 0 saturated heterocycles. The molecule has 2 aliphatic rings. The second-order valence-corrected chi connectivity index (χ2v) is 10.6. The lowest BCUT2D eigenvalue weighted by molar-refractivity contribution is -0.142. The Balaban J connectivity index is 1.54. The minimum absolute atomic E-state index is 0.112. The zero-order valence-corrected chi connectivity index (χ0v) is 21.6. The number of hydrogen-bond donors (Lipinski definition) is 3. The third-order valence-electron chi connectivity index (χ3n) is 8.15. The van der Waals surface area contributed by atoms with Crippen LogP contribution >= 0.6 is 11.6 Å². The number of ether oxygens (including phenoxy) is 2. The van der Waals surface area contributed by atoms with Gasteiger partial charge in [0, 0.05) is 56.0 Å². The number of nitrogen functional groups attached to an aromatic ring is 1. The van der Waals surface area contributed by atoms with Gasteiger partial charge in [0.15, 0.2) is 17.2 Å². The zero-order valence-electron chi connectivity index (χ0n) is 20.9. The van der Waals surface area contributed by atoms with Crippen LogP contribution in [-0.2, 0) is 10.4 Å². The highest BCUT2D eigenvalue weighted by Crippen LogP contribution is 2.55. The topological polar surface area (TPSA) is 93.8 Å².